The molecule has 0 heterocycles. The van der Waals surface area contributed by atoms with Crippen molar-refractivity contribution in [1.29, 1.82) is 0 Å². The number of nitrogens with zero attached hydrogens (tertiary/aromatic N) is 1. The molecule has 0 fully saturated rings. The maximum atomic E-state index is 12.4. The zero-order chi connectivity index (χ0) is 17.7. The highest BCUT2D eigenvalue weighted by Crippen LogP contribution is 2.22. The number of aryl methyl sites for hydroxylation is 1. The number of nitrogens with one attached hydrogen (secondary N) is 1. The molecule has 1 atom stereocenters. The van der Waals surface area contributed by atoms with Crippen LogP contribution in [0, 0.1) is 6.92 Å². The zero-order valence-electron chi connectivity index (χ0n) is 14.5. The number of methoxy groups -OCH3 is 1. The first-order valence-electron chi connectivity index (χ1n) is 7.80. The van der Waals surface area contributed by atoms with E-state index in [-0.39, 0.29) is 17.7 Å². The van der Waals surface area contributed by atoms with Gasteiger partial charge in [-0.1, -0.05) is 23.8 Å². The molecule has 2 rings (SSSR count). The zero-order valence-corrected chi connectivity index (χ0v) is 14.5. The molecule has 2 N–H and O–H groups in total. The smallest absolute Gasteiger partial charge is 0.255 e. The molecule has 0 aliphatic heterocycles. The number of aromatic hydroxyl groups is 1. The fraction of sp³-hybridized carbons (Fsp3) is 0.316. The van der Waals surface area contributed by atoms with Crippen LogP contribution in [0.5, 0.6) is 11.5 Å². The molecule has 0 aliphatic carbocycles. The molecule has 0 bridgehead atoms. The standard InChI is InChI=1S/C19H24N2O3/c1-13-5-10-18(22)16(11-13)19(23)20-12-17(21(2)3)14-6-8-15(24-4)9-7-14/h5-11,17,22H,12H2,1-4H3,(H,20,23). The van der Waals surface area contributed by atoms with Crippen LogP contribution >= 0.6 is 0 Å². The SMILES string of the molecule is COc1ccc(C(CNC(=O)c2cc(C)ccc2O)N(C)C)cc1. The van der Waals surface area contributed by atoms with Gasteiger partial charge in [0, 0.05) is 6.54 Å². The molecule has 0 radical (unpaired) electrons. The Bertz CT molecular complexity index is 696. The molecule has 2 aromatic rings. The van der Waals surface area contributed by atoms with Crippen molar-refractivity contribution in [2.24, 2.45) is 0 Å². The number of likely N-dealkylation sites (N-methyl/N-ethyl adjacent to an activating group) is 1. The largest absolute Gasteiger partial charge is 0.507 e. The van der Waals surface area contributed by atoms with Crippen molar-refractivity contribution < 1.29 is 14.6 Å². The number of rotatable bonds is 6. The van der Waals surface area contributed by atoms with E-state index < -0.39 is 0 Å². The maximum Gasteiger partial charge on any atom is 0.255 e. The molecule has 24 heavy (non-hydrogen) atoms. The van der Waals surface area contributed by atoms with Gasteiger partial charge < -0.3 is 20.1 Å². The van der Waals surface area contributed by atoms with Crippen LogP contribution in [0.25, 0.3) is 0 Å². The number of ether oxygens (including phenoxy) is 1. The van der Waals surface area contributed by atoms with E-state index in [1.807, 2.05) is 50.2 Å². The average molecular weight is 328 g/mol. The summed E-state index contributed by atoms with van der Waals surface area (Å²) in [6, 6.07) is 12.8. The van der Waals surface area contributed by atoms with Crippen LogP contribution in [-0.2, 0) is 0 Å². The van der Waals surface area contributed by atoms with E-state index in [9.17, 15) is 9.90 Å². The summed E-state index contributed by atoms with van der Waals surface area (Å²) in [5, 5.41) is 12.8. The number of amides is 1. The highest BCUT2D eigenvalue weighted by atomic mass is 16.5. The molecule has 0 aromatic heterocycles. The minimum Gasteiger partial charge on any atom is -0.507 e. The summed E-state index contributed by atoms with van der Waals surface area (Å²) in [6.07, 6.45) is 0. The fourth-order valence-corrected chi connectivity index (χ4v) is 2.54. The second-order valence-electron chi connectivity index (χ2n) is 5.98. The van der Waals surface area contributed by atoms with Crippen LogP contribution in [0.4, 0.5) is 0 Å². The van der Waals surface area contributed by atoms with Crippen molar-refractivity contribution in [2.75, 3.05) is 27.7 Å². The van der Waals surface area contributed by atoms with Crippen LogP contribution < -0.4 is 10.1 Å². The van der Waals surface area contributed by atoms with Crippen LogP contribution in [-0.4, -0.2) is 43.7 Å². The second kappa shape index (κ2) is 7.84. The highest BCUT2D eigenvalue weighted by Gasteiger charge is 2.17. The third-order valence-corrected chi connectivity index (χ3v) is 3.98. The molecule has 0 aliphatic rings. The average Bonchev–Trinajstić information content (AvgIpc) is 2.57. The first-order valence-corrected chi connectivity index (χ1v) is 7.80. The van der Waals surface area contributed by atoms with Crippen molar-refractivity contribution in [3.05, 3.63) is 59.2 Å². The Labute approximate surface area is 142 Å². The van der Waals surface area contributed by atoms with Crippen molar-refractivity contribution >= 4 is 5.91 Å². The Morgan fingerprint density at radius 3 is 2.46 bits per heavy atom. The quantitative estimate of drug-likeness (QED) is 0.856. The lowest BCUT2D eigenvalue weighted by Crippen LogP contribution is -2.34. The summed E-state index contributed by atoms with van der Waals surface area (Å²) in [5.41, 5.74) is 2.30. The first-order chi connectivity index (χ1) is 11.4. The number of hydrogen-bond acceptors (Lipinski definition) is 4. The van der Waals surface area contributed by atoms with Gasteiger partial charge in [0.25, 0.3) is 5.91 Å². The number of phenols is 1. The molecular formula is C19H24N2O3. The monoisotopic (exact) mass is 328 g/mol. The summed E-state index contributed by atoms with van der Waals surface area (Å²) in [6.45, 7) is 2.32. The number of phenolic OH excluding ortho intramolecular Hbond substituents is 1. The van der Waals surface area contributed by atoms with Crippen LogP contribution in [0.15, 0.2) is 42.5 Å². The fourth-order valence-electron chi connectivity index (χ4n) is 2.54. The van der Waals surface area contributed by atoms with E-state index in [2.05, 4.69) is 5.32 Å². The minimum atomic E-state index is -0.281. The Morgan fingerprint density at radius 1 is 1.21 bits per heavy atom. The normalized spacial score (nSPS) is 12.0. The van der Waals surface area contributed by atoms with Gasteiger partial charge in [0.05, 0.1) is 18.7 Å². The Hall–Kier alpha value is -2.53. The highest BCUT2D eigenvalue weighted by molar-refractivity contribution is 5.97. The summed E-state index contributed by atoms with van der Waals surface area (Å²) >= 11 is 0. The van der Waals surface area contributed by atoms with Gasteiger partial charge in [-0.25, -0.2) is 0 Å². The summed E-state index contributed by atoms with van der Waals surface area (Å²) < 4.78 is 5.18. The van der Waals surface area contributed by atoms with Gasteiger partial charge in [-0.15, -0.1) is 0 Å². The topological polar surface area (TPSA) is 61.8 Å². The lowest BCUT2D eigenvalue weighted by Gasteiger charge is -2.25. The molecule has 5 nitrogen and oxygen atoms in total. The van der Waals surface area contributed by atoms with E-state index in [4.69, 9.17) is 4.74 Å². The van der Waals surface area contributed by atoms with E-state index in [0.29, 0.717) is 12.1 Å². The molecule has 1 unspecified atom stereocenters. The lowest BCUT2D eigenvalue weighted by molar-refractivity contribution is 0.0939. The van der Waals surface area contributed by atoms with Crippen molar-refractivity contribution in [3.63, 3.8) is 0 Å². The van der Waals surface area contributed by atoms with Gasteiger partial charge >= 0.3 is 0 Å². The van der Waals surface area contributed by atoms with Crippen LogP contribution in [0.2, 0.25) is 0 Å². The third kappa shape index (κ3) is 4.26. The predicted octanol–water partition coefficient (Wildman–Crippen LogP) is 2.74. The predicted molar refractivity (Wildman–Crippen MR) is 94.6 cm³/mol. The second-order valence-corrected chi connectivity index (χ2v) is 5.98. The molecule has 2 aromatic carbocycles. The number of benzene rings is 2. The first kappa shape index (κ1) is 17.8. The minimum absolute atomic E-state index is 0.0102. The van der Waals surface area contributed by atoms with E-state index in [1.54, 1.807) is 19.2 Å². The van der Waals surface area contributed by atoms with Crippen molar-refractivity contribution in [1.82, 2.24) is 10.2 Å². The van der Waals surface area contributed by atoms with Gasteiger partial charge in [0.2, 0.25) is 0 Å². The molecule has 1 amide bonds. The summed E-state index contributed by atoms with van der Waals surface area (Å²) in [4.78, 5) is 14.4. The van der Waals surface area contributed by atoms with Gasteiger partial charge in [-0.2, -0.15) is 0 Å². The maximum absolute atomic E-state index is 12.4. The van der Waals surface area contributed by atoms with Gasteiger partial charge in [-0.3, -0.25) is 4.79 Å². The van der Waals surface area contributed by atoms with Gasteiger partial charge in [0.15, 0.2) is 0 Å². The molecule has 128 valence electrons. The van der Waals surface area contributed by atoms with Crippen LogP contribution in [0.1, 0.15) is 27.5 Å². The molecule has 5 heteroatoms. The van der Waals surface area contributed by atoms with Crippen molar-refractivity contribution in [3.8, 4) is 11.5 Å². The Morgan fingerprint density at radius 2 is 1.88 bits per heavy atom. The number of hydrogen-bond donors (Lipinski definition) is 2. The molecule has 0 saturated heterocycles. The van der Waals surface area contributed by atoms with Gasteiger partial charge in [0.1, 0.15) is 11.5 Å². The third-order valence-electron chi connectivity index (χ3n) is 3.98. The van der Waals surface area contributed by atoms with Gasteiger partial charge in [-0.05, 0) is 50.8 Å². The van der Waals surface area contributed by atoms with E-state index in [0.717, 1.165) is 16.9 Å². The number of carbonyl (C=O) groups is 1. The van der Waals surface area contributed by atoms with E-state index in [1.165, 1.54) is 6.07 Å². The van der Waals surface area contributed by atoms with Crippen molar-refractivity contribution in [2.45, 2.75) is 13.0 Å². The number of carbonyl (C=O) groups excluding carboxylic acids is 1. The van der Waals surface area contributed by atoms with E-state index >= 15 is 0 Å². The summed E-state index contributed by atoms with van der Waals surface area (Å²) in [7, 11) is 5.56. The Kier molecular flexibility index (Phi) is 5.82. The molecule has 0 saturated carbocycles. The Balaban J connectivity index is 2.10. The molecule has 0 spiro atoms. The summed E-state index contributed by atoms with van der Waals surface area (Å²) in [5.74, 6) is 0.505. The lowest BCUT2D eigenvalue weighted by atomic mass is 10.1. The van der Waals surface area contributed by atoms with Crippen LogP contribution in [0.3, 0.4) is 0 Å². The molecular weight excluding hydrogens is 304 g/mol.